The Balaban J connectivity index is 1.56. The highest BCUT2D eigenvalue weighted by Gasteiger charge is 2.07. The summed E-state index contributed by atoms with van der Waals surface area (Å²) in [6.07, 6.45) is 0. The fraction of sp³-hybridized carbons (Fsp3) is 0.158. The molecule has 0 aliphatic heterocycles. The van der Waals surface area contributed by atoms with Gasteiger partial charge in [0.25, 0.3) is 5.91 Å². The Morgan fingerprint density at radius 3 is 2.65 bits per heavy atom. The molecule has 3 aromatic rings. The maximum Gasteiger partial charge on any atom is 0.262 e. The molecule has 6 nitrogen and oxygen atoms in total. The lowest BCUT2D eigenvalue weighted by atomic mass is 10.2. The molecule has 1 aromatic heterocycles. The molecular weight excluding hydrogens is 350 g/mol. The normalized spacial score (nSPS) is 10.3. The van der Waals surface area contributed by atoms with Crippen LogP contribution in [0.3, 0.4) is 0 Å². The minimum absolute atomic E-state index is 0.0874. The molecule has 1 amide bonds. The van der Waals surface area contributed by atoms with Gasteiger partial charge >= 0.3 is 0 Å². The molecule has 2 aromatic carbocycles. The van der Waals surface area contributed by atoms with Crippen molar-refractivity contribution in [2.24, 2.45) is 0 Å². The first-order valence-corrected chi connectivity index (χ1v) is 8.99. The molecule has 1 heterocycles. The monoisotopic (exact) mass is 369 g/mol. The van der Waals surface area contributed by atoms with Gasteiger partial charge in [0.05, 0.1) is 12.3 Å². The van der Waals surface area contributed by atoms with Gasteiger partial charge in [-0.3, -0.25) is 4.79 Å². The van der Waals surface area contributed by atoms with Crippen molar-refractivity contribution in [1.82, 2.24) is 4.98 Å². The SMILES string of the molecule is CCOc1ccc(NC(=O)COc2cccc(-c3csc(N)n3)c2)cc1. The van der Waals surface area contributed by atoms with Crippen molar-refractivity contribution < 1.29 is 14.3 Å². The van der Waals surface area contributed by atoms with E-state index in [1.54, 1.807) is 18.2 Å². The van der Waals surface area contributed by atoms with Gasteiger partial charge in [0, 0.05) is 16.6 Å². The van der Waals surface area contributed by atoms with Crippen LogP contribution in [0.2, 0.25) is 0 Å². The number of nitrogens with zero attached hydrogens (tertiary/aromatic N) is 1. The largest absolute Gasteiger partial charge is 0.494 e. The number of carbonyl (C=O) groups is 1. The average molecular weight is 369 g/mol. The molecule has 3 N–H and O–H groups in total. The first-order valence-electron chi connectivity index (χ1n) is 8.11. The molecule has 0 unspecified atom stereocenters. The predicted octanol–water partition coefficient (Wildman–Crippen LogP) is 3.81. The van der Waals surface area contributed by atoms with Gasteiger partial charge in [-0.15, -0.1) is 11.3 Å². The minimum Gasteiger partial charge on any atom is -0.494 e. The molecule has 0 saturated carbocycles. The van der Waals surface area contributed by atoms with Crippen LogP contribution < -0.4 is 20.5 Å². The van der Waals surface area contributed by atoms with Crippen molar-refractivity contribution in [3.05, 3.63) is 53.9 Å². The number of hydrogen-bond acceptors (Lipinski definition) is 6. The van der Waals surface area contributed by atoms with Crippen molar-refractivity contribution in [2.75, 3.05) is 24.3 Å². The third-order valence-electron chi connectivity index (χ3n) is 3.47. The number of amides is 1. The Hall–Kier alpha value is -3.06. The molecule has 0 aliphatic carbocycles. The van der Waals surface area contributed by atoms with E-state index in [0.29, 0.717) is 23.2 Å². The van der Waals surface area contributed by atoms with Crippen LogP contribution in [0.25, 0.3) is 11.3 Å². The Bertz CT molecular complexity index is 878. The molecule has 0 fully saturated rings. The molecule has 3 rings (SSSR count). The zero-order valence-corrected chi connectivity index (χ0v) is 15.1. The zero-order valence-electron chi connectivity index (χ0n) is 14.3. The van der Waals surface area contributed by atoms with Crippen LogP contribution in [0.5, 0.6) is 11.5 Å². The van der Waals surface area contributed by atoms with Gasteiger partial charge in [-0.25, -0.2) is 4.98 Å². The summed E-state index contributed by atoms with van der Waals surface area (Å²) < 4.78 is 10.9. The van der Waals surface area contributed by atoms with E-state index in [-0.39, 0.29) is 12.5 Å². The molecule has 0 aliphatic rings. The first kappa shape index (κ1) is 17.8. The zero-order chi connectivity index (χ0) is 18.4. The van der Waals surface area contributed by atoms with Gasteiger partial charge in [-0.2, -0.15) is 0 Å². The number of aromatic nitrogens is 1. The molecule has 0 radical (unpaired) electrons. The molecule has 0 bridgehead atoms. The molecule has 26 heavy (non-hydrogen) atoms. The van der Waals surface area contributed by atoms with Gasteiger partial charge in [-0.05, 0) is 43.3 Å². The molecule has 7 heteroatoms. The van der Waals surface area contributed by atoms with Crippen LogP contribution in [0, 0.1) is 0 Å². The standard InChI is InChI=1S/C19H19N3O3S/c1-2-24-15-8-6-14(7-9-15)21-18(23)11-25-16-5-3-4-13(10-16)17-12-26-19(20)22-17/h3-10,12H,2,11H2,1H3,(H2,20,22)(H,21,23). The topological polar surface area (TPSA) is 86.5 Å². The van der Waals surface area contributed by atoms with E-state index in [0.717, 1.165) is 17.0 Å². The molecule has 0 saturated heterocycles. The molecule has 134 valence electrons. The van der Waals surface area contributed by atoms with E-state index in [9.17, 15) is 4.79 Å². The summed E-state index contributed by atoms with van der Waals surface area (Å²) in [5, 5.41) is 5.18. The van der Waals surface area contributed by atoms with Crippen molar-refractivity contribution in [2.45, 2.75) is 6.92 Å². The van der Waals surface area contributed by atoms with Crippen LogP contribution in [0.1, 0.15) is 6.92 Å². The number of nitrogens with one attached hydrogen (secondary N) is 1. The fourth-order valence-corrected chi connectivity index (χ4v) is 2.88. The van der Waals surface area contributed by atoms with Crippen LogP contribution in [0.4, 0.5) is 10.8 Å². The second-order valence-electron chi connectivity index (χ2n) is 5.39. The van der Waals surface area contributed by atoms with Crippen molar-refractivity contribution in [3.63, 3.8) is 0 Å². The predicted molar refractivity (Wildman–Crippen MR) is 104 cm³/mol. The number of ether oxygens (including phenoxy) is 2. The quantitative estimate of drug-likeness (QED) is 0.661. The summed E-state index contributed by atoms with van der Waals surface area (Å²) in [5.41, 5.74) is 8.04. The van der Waals surface area contributed by atoms with Crippen LogP contribution in [-0.4, -0.2) is 24.1 Å². The number of benzene rings is 2. The highest BCUT2D eigenvalue weighted by molar-refractivity contribution is 7.13. The summed E-state index contributed by atoms with van der Waals surface area (Å²) in [6, 6.07) is 14.6. The van der Waals surface area contributed by atoms with E-state index in [2.05, 4.69) is 10.3 Å². The van der Waals surface area contributed by atoms with E-state index in [4.69, 9.17) is 15.2 Å². The van der Waals surface area contributed by atoms with E-state index >= 15 is 0 Å². The summed E-state index contributed by atoms with van der Waals surface area (Å²) in [5.74, 6) is 1.12. The summed E-state index contributed by atoms with van der Waals surface area (Å²) in [4.78, 5) is 16.3. The van der Waals surface area contributed by atoms with Crippen LogP contribution in [-0.2, 0) is 4.79 Å². The number of thiazole rings is 1. The maximum absolute atomic E-state index is 12.1. The van der Waals surface area contributed by atoms with Gasteiger partial charge in [-0.1, -0.05) is 12.1 Å². The Morgan fingerprint density at radius 1 is 1.15 bits per heavy atom. The molecule has 0 spiro atoms. The summed E-state index contributed by atoms with van der Waals surface area (Å²) in [7, 11) is 0. The lowest BCUT2D eigenvalue weighted by molar-refractivity contribution is -0.118. The van der Waals surface area contributed by atoms with Gasteiger partial charge < -0.3 is 20.5 Å². The van der Waals surface area contributed by atoms with Gasteiger partial charge in [0.15, 0.2) is 11.7 Å². The van der Waals surface area contributed by atoms with Crippen molar-refractivity contribution in [3.8, 4) is 22.8 Å². The van der Waals surface area contributed by atoms with Crippen LogP contribution in [0.15, 0.2) is 53.9 Å². The third-order valence-corrected chi connectivity index (χ3v) is 4.14. The maximum atomic E-state index is 12.1. The number of anilines is 2. The fourth-order valence-electron chi connectivity index (χ4n) is 2.31. The number of carbonyl (C=O) groups excluding carboxylic acids is 1. The smallest absolute Gasteiger partial charge is 0.262 e. The summed E-state index contributed by atoms with van der Waals surface area (Å²) in [6.45, 7) is 2.44. The number of hydrogen-bond donors (Lipinski definition) is 2. The van der Waals surface area contributed by atoms with E-state index in [1.807, 2.05) is 42.6 Å². The second-order valence-corrected chi connectivity index (χ2v) is 6.28. The molecular formula is C19H19N3O3S. The van der Waals surface area contributed by atoms with E-state index in [1.165, 1.54) is 11.3 Å². The Morgan fingerprint density at radius 2 is 1.96 bits per heavy atom. The number of nitrogens with two attached hydrogens (primary N) is 1. The highest BCUT2D eigenvalue weighted by atomic mass is 32.1. The minimum atomic E-state index is -0.238. The van der Waals surface area contributed by atoms with Crippen molar-refractivity contribution >= 4 is 28.1 Å². The number of rotatable bonds is 7. The third kappa shape index (κ3) is 4.73. The van der Waals surface area contributed by atoms with Crippen molar-refractivity contribution in [1.29, 1.82) is 0 Å². The number of nitrogen functional groups attached to an aromatic ring is 1. The molecule has 0 atom stereocenters. The first-order chi connectivity index (χ1) is 12.6. The second kappa shape index (κ2) is 8.35. The lowest BCUT2D eigenvalue weighted by Crippen LogP contribution is -2.20. The van der Waals surface area contributed by atoms with Gasteiger partial charge in [0.2, 0.25) is 0 Å². The van der Waals surface area contributed by atoms with Gasteiger partial charge in [0.1, 0.15) is 11.5 Å². The van der Waals surface area contributed by atoms with E-state index < -0.39 is 0 Å². The van der Waals surface area contributed by atoms with Crippen LogP contribution >= 0.6 is 11.3 Å². The highest BCUT2D eigenvalue weighted by Crippen LogP contribution is 2.26. The average Bonchev–Trinajstić information content (AvgIpc) is 3.09. The Kier molecular flexibility index (Phi) is 5.70. The lowest BCUT2D eigenvalue weighted by Gasteiger charge is -2.09. The summed E-state index contributed by atoms with van der Waals surface area (Å²) >= 11 is 1.38. The Labute approximate surface area is 155 Å².